The molecule has 0 fully saturated rings. The summed E-state index contributed by atoms with van der Waals surface area (Å²) in [5.74, 6) is 2.06. The number of hydrogen-bond donors (Lipinski definition) is 0. The number of hydrogen-bond acceptors (Lipinski definition) is 4. The first-order chi connectivity index (χ1) is 29.6. The van der Waals surface area contributed by atoms with Gasteiger partial charge < -0.3 is 23.7 Å². The van der Waals surface area contributed by atoms with Crippen LogP contribution in [0.1, 0.15) is 79.0 Å². The molecule has 0 saturated heterocycles. The van der Waals surface area contributed by atoms with Crippen molar-refractivity contribution >= 4 is 55.6 Å². The summed E-state index contributed by atoms with van der Waals surface area (Å²) in [5.41, 5.74) is 12.9. The Morgan fingerprint density at radius 2 is 1.16 bits per heavy atom. The molecule has 0 bridgehead atoms. The fourth-order valence-corrected chi connectivity index (χ4v) is 8.86. The van der Waals surface area contributed by atoms with Crippen molar-refractivity contribution in [3.63, 3.8) is 0 Å². The Bertz CT molecular complexity index is 3160. The number of rotatable bonds is 6. The van der Waals surface area contributed by atoms with E-state index in [2.05, 4.69) is 234 Å². The van der Waals surface area contributed by atoms with Crippen molar-refractivity contribution < 1.29 is 25.2 Å². The fraction of sp³-hybridized carbons (Fsp3) is 0.214. The molecule has 0 radical (unpaired) electrons. The summed E-state index contributed by atoms with van der Waals surface area (Å²) >= 11 is 0. The van der Waals surface area contributed by atoms with Gasteiger partial charge >= 0.3 is 0 Å². The summed E-state index contributed by atoms with van der Waals surface area (Å²) in [4.78, 5) is 9.58. The van der Waals surface area contributed by atoms with E-state index in [1.807, 2.05) is 12.3 Å². The summed E-state index contributed by atoms with van der Waals surface area (Å²) in [5, 5.41) is 2.20. The van der Waals surface area contributed by atoms with E-state index in [-0.39, 0.29) is 36.7 Å². The average molecular weight is 917 g/mol. The molecule has 0 amide bonds. The zero-order valence-corrected chi connectivity index (χ0v) is 38.9. The SMILES string of the molecule is CC(C)(C)c1cc(Oc2[c-]c3c(cc2)c2c(c4ccccc4n2-c2ccccc2)n3-c2cc(C(C)(C)C)ccn2)[c-]c(N2[CH-]N(c3ccccc3C(C)(C)C)c3ccccc32)c1.[Pd]. The van der Waals surface area contributed by atoms with E-state index in [1.54, 1.807) is 0 Å². The molecule has 3 aromatic heterocycles. The zero-order chi connectivity index (χ0) is 43.1. The Morgan fingerprint density at radius 1 is 0.524 bits per heavy atom. The van der Waals surface area contributed by atoms with Gasteiger partial charge in [0.25, 0.3) is 0 Å². The van der Waals surface area contributed by atoms with Crippen LogP contribution in [0.2, 0.25) is 0 Å². The van der Waals surface area contributed by atoms with E-state index in [0.717, 1.165) is 72.7 Å². The molecule has 0 saturated carbocycles. The predicted molar refractivity (Wildman–Crippen MR) is 257 cm³/mol. The predicted octanol–water partition coefficient (Wildman–Crippen LogP) is 14.8. The summed E-state index contributed by atoms with van der Waals surface area (Å²) < 4.78 is 11.6. The van der Waals surface area contributed by atoms with E-state index in [0.29, 0.717) is 11.5 Å². The maximum atomic E-state index is 6.92. The quantitative estimate of drug-likeness (QED) is 0.123. The van der Waals surface area contributed by atoms with Crippen molar-refractivity contribution in [1.82, 2.24) is 14.1 Å². The summed E-state index contributed by atoms with van der Waals surface area (Å²) in [6.45, 7) is 22.5. The van der Waals surface area contributed by atoms with Gasteiger partial charge in [-0.05, 0) is 75.9 Å². The van der Waals surface area contributed by atoms with Gasteiger partial charge in [0.2, 0.25) is 0 Å². The third kappa shape index (κ3) is 7.42. The van der Waals surface area contributed by atoms with Gasteiger partial charge in [-0.15, -0.1) is 48.3 Å². The van der Waals surface area contributed by atoms with Crippen LogP contribution in [-0.2, 0) is 36.7 Å². The Morgan fingerprint density at radius 3 is 1.87 bits per heavy atom. The number of nitrogens with zero attached hydrogens (tertiary/aromatic N) is 5. The molecule has 1 aliphatic rings. The van der Waals surface area contributed by atoms with E-state index >= 15 is 0 Å². The molecule has 4 heterocycles. The van der Waals surface area contributed by atoms with Crippen LogP contribution in [0, 0.1) is 18.8 Å². The van der Waals surface area contributed by atoms with Crippen LogP contribution in [-0.4, -0.2) is 14.1 Å². The molecule has 0 aliphatic carbocycles. The van der Waals surface area contributed by atoms with Crippen LogP contribution in [0.5, 0.6) is 11.5 Å². The second-order valence-corrected chi connectivity index (χ2v) is 19.5. The molecule has 0 unspecified atom stereocenters. The minimum Gasteiger partial charge on any atom is -0.509 e. The van der Waals surface area contributed by atoms with Gasteiger partial charge in [0.15, 0.2) is 0 Å². The number of aromatic nitrogens is 3. The number of benzene rings is 6. The van der Waals surface area contributed by atoms with E-state index in [9.17, 15) is 0 Å². The normalized spacial score (nSPS) is 13.2. The Labute approximate surface area is 385 Å². The van der Waals surface area contributed by atoms with Crippen molar-refractivity contribution in [2.24, 2.45) is 0 Å². The zero-order valence-electron chi connectivity index (χ0n) is 37.4. The molecule has 1 aliphatic heterocycles. The maximum Gasteiger partial charge on any atom is 0.135 e. The Balaban J connectivity index is 0.00000504. The first-order valence-corrected chi connectivity index (χ1v) is 21.5. The second kappa shape index (κ2) is 15.6. The molecular weight excluding hydrogens is 865 g/mol. The average Bonchev–Trinajstić information content (AvgIpc) is 3.91. The van der Waals surface area contributed by atoms with Crippen molar-refractivity contribution in [2.75, 3.05) is 9.80 Å². The molecule has 9 aromatic rings. The van der Waals surface area contributed by atoms with Gasteiger partial charge in [0.05, 0.1) is 11.0 Å². The third-order valence-corrected chi connectivity index (χ3v) is 12.1. The first kappa shape index (κ1) is 42.2. The van der Waals surface area contributed by atoms with Crippen LogP contribution in [0.3, 0.4) is 0 Å². The second-order valence-electron chi connectivity index (χ2n) is 19.5. The van der Waals surface area contributed by atoms with Crippen LogP contribution >= 0.6 is 0 Å². The monoisotopic (exact) mass is 916 g/mol. The van der Waals surface area contributed by atoms with Gasteiger partial charge in [-0.3, -0.25) is 0 Å². The molecule has 7 heteroatoms. The molecule has 0 N–H and O–H groups in total. The maximum absolute atomic E-state index is 6.92. The molecule has 6 aromatic carbocycles. The minimum atomic E-state index is -0.166. The Kier molecular flexibility index (Phi) is 10.4. The van der Waals surface area contributed by atoms with Gasteiger partial charge in [0.1, 0.15) is 5.82 Å². The van der Waals surface area contributed by atoms with Crippen LogP contribution in [0.15, 0.2) is 146 Å². The Hall–Kier alpha value is -6.13. The number of ether oxygens (including phenoxy) is 1. The van der Waals surface area contributed by atoms with Crippen LogP contribution in [0.25, 0.3) is 44.3 Å². The molecule has 10 rings (SSSR count). The van der Waals surface area contributed by atoms with Crippen LogP contribution in [0.4, 0.5) is 22.7 Å². The topological polar surface area (TPSA) is 38.5 Å². The molecule has 0 atom stereocenters. The van der Waals surface area contributed by atoms with Gasteiger partial charge in [-0.2, -0.15) is 6.07 Å². The summed E-state index contributed by atoms with van der Waals surface area (Å²) in [6.07, 6.45) is 1.93. The van der Waals surface area contributed by atoms with Crippen molar-refractivity contribution in [3.05, 3.63) is 181 Å². The molecule has 63 heavy (non-hydrogen) atoms. The van der Waals surface area contributed by atoms with Gasteiger partial charge in [-0.1, -0.05) is 140 Å². The molecular formula is C56H52N5OPd-3. The fourth-order valence-electron chi connectivity index (χ4n) is 8.86. The van der Waals surface area contributed by atoms with Gasteiger partial charge in [0, 0.05) is 71.8 Å². The van der Waals surface area contributed by atoms with E-state index in [1.165, 1.54) is 11.1 Å². The number of anilines is 4. The number of fused-ring (bicyclic) bond motifs is 6. The minimum absolute atomic E-state index is 0. The number of pyridine rings is 1. The van der Waals surface area contributed by atoms with Gasteiger partial charge in [-0.25, -0.2) is 4.98 Å². The smallest absolute Gasteiger partial charge is 0.135 e. The van der Waals surface area contributed by atoms with Crippen molar-refractivity contribution in [2.45, 2.75) is 78.6 Å². The van der Waals surface area contributed by atoms with Crippen molar-refractivity contribution in [1.29, 1.82) is 0 Å². The van der Waals surface area contributed by atoms with E-state index in [4.69, 9.17) is 9.72 Å². The number of para-hydroxylation sites is 5. The van der Waals surface area contributed by atoms with E-state index < -0.39 is 0 Å². The summed E-state index contributed by atoms with van der Waals surface area (Å²) in [6, 6.07) is 56.9. The first-order valence-electron chi connectivity index (χ1n) is 21.5. The largest absolute Gasteiger partial charge is 0.509 e. The molecule has 6 nitrogen and oxygen atoms in total. The summed E-state index contributed by atoms with van der Waals surface area (Å²) in [7, 11) is 0. The molecule has 320 valence electrons. The molecule has 0 spiro atoms. The third-order valence-electron chi connectivity index (χ3n) is 12.1. The van der Waals surface area contributed by atoms with Crippen LogP contribution < -0.4 is 14.5 Å². The van der Waals surface area contributed by atoms with Crippen molar-refractivity contribution in [3.8, 4) is 23.0 Å². The standard InChI is InChI=1S/C56H52N5O.Pd/c1-54(2,3)37-29-30-57-51(33-37)61-50-35-41(27-28-44(50)52-53(61)43-21-13-15-23-46(43)60(52)39-19-11-10-12-20-39)62-42-32-38(55(4,5)6)31-40(34-42)58-36-59(49-26-18-17-25-48(49)58)47-24-16-14-22-45(47)56(7,8)9;/h10-33,36H,1-9H3;/q-3;.